The normalized spacial score (nSPS) is 13.6. The molecule has 1 unspecified atom stereocenters. The van der Waals surface area contributed by atoms with Crippen LogP contribution in [0.2, 0.25) is 0 Å². The van der Waals surface area contributed by atoms with Crippen LogP contribution in [-0.4, -0.2) is 23.6 Å². The van der Waals surface area contributed by atoms with Gasteiger partial charge in [0.1, 0.15) is 5.76 Å². The summed E-state index contributed by atoms with van der Waals surface area (Å²) in [5.41, 5.74) is 5.87. The predicted octanol–water partition coefficient (Wildman–Crippen LogP) is 0.204. The number of nitrogens with two attached hydrogens (primary N) is 1. The smallest absolute Gasteiger partial charge is 0.258 e. The standard InChI is InChI=1S/C10H15N5O3S/c1-6-4-12-9(18-6)7(2)15-19(16,17)10-8(3-11)5-13-14-10/h4-5,7,15H,3,11H2,1-2H3,(H,13,14). The van der Waals surface area contributed by atoms with Crippen molar-refractivity contribution < 1.29 is 12.8 Å². The van der Waals surface area contributed by atoms with Crippen molar-refractivity contribution >= 4 is 10.0 Å². The summed E-state index contributed by atoms with van der Waals surface area (Å²) in [4.78, 5) is 3.98. The van der Waals surface area contributed by atoms with Crippen molar-refractivity contribution in [3.05, 3.63) is 29.6 Å². The second-order valence-electron chi connectivity index (χ2n) is 4.08. The van der Waals surface area contributed by atoms with E-state index in [1.54, 1.807) is 13.8 Å². The summed E-state index contributed by atoms with van der Waals surface area (Å²) < 4.78 is 32.0. The molecule has 2 heterocycles. The van der Waals surface area contributed by atoms with Crippen molar-refractivity contribution in [3.8, 4) is 0 Å². The van der Waals surface area contributed by atoms with Crippen LogP contribution in [0.4, 0.5) is 0 Å². The lowest BCUT2D eigenvalue weighted by atomic mass is 10.4. The van der Waals surface area contributed by atoms with Crippen LogP contribution in [0.25, 0.3) is 0 Å². The van der Waals surface area contributed by atoms with E-state index < -0.39 is 16.1 Å². The van der Waals surface area contributed by atoms with Crippen LogP contribution in [-0.2, 0) is 16.6 Å². The number of hydrogen-bond donors (Lipinski definition) is 3. The minimum absolute atomic E-state index is 0.0369. The number of nitrogens with zero attached hydrogens (tertiary/aromatic N) is 2. The number of nitrogens with one attached hydrogen (secondary N) is 2. The quantitative estimate of drug-likeness (QED) is 0.720. The van der Waals surface area contributed by atoms with Crippen LogP contribution >= 0.6 is 0 Å². The second-order valence-corrected chi connectivity index (χ2v) is 5.73. The number of aromatic amines is 1. The Labute approximate surface area is 110 Å². The lowest BCUT2D eigenvalue weighted by molar-refractivity contribution is 0.427. The number of oxazole rings is 1. The molecule has 0 aromatic carbocycles. The summed E-state index contributed by atoms with van der Waals surface area (Å²) in [7, 11) is -3.75. The van der Waals surface area contributed by atoms with Crippen LogP contribution in [0.3, 0.4) is 0 Å². The predicted molar refractivity (Wildman–Crippen MR) is 66.5 cm³/mol. The van der Waals surface area contributed by atoms with Gasteiger partial charge in [-0.25, -0.2) is 13.4 Å². The lowest BCUT2D eigenvalue weighted by Gasteiger charge is -2.10. The number of aryl methyl sites for hydroxylation is 1. The monoisotopic (exact) mass is 285 g/mol. The largest absolute Gasteiger partial charge is 0.444 e. The lowest BCUT2D eigenvalue weighted by Crippen LogP contribution is -2.28. The maximum Gasteiger partial charge on any atom is 0.258 e. The van der Waals surface area contributed by atoms with Gasteiger partial charge in [0.05, 0.1) is 18.4 Å². The van der Waals surface area contributed by atoms with Gasteiger partial charge in [0, 0.05) is 12.1 Å². The molecule has 0 aliphatic carbocycles. The van der Waals surface area contributed by atoms with E-state index in [1.165, 1.54) is 12.4 Å². The van der Waals surface area contributed by atoms with Gasteiger partial charge in [-0.15, -0.1) is 0 Å². The number of sulfonamides is 1. The highest BCUT2D eigenvalue weighted by Crippen LogP contribution is 2.17. The Balaban J connectivity index is 2.22. The van der Waals surface area contributed by atoms with E-state index in [0.717, 1.165) is 0 Å². The molecular formula is C10H15N5O3S. The minimum Gasteiger partial charge on any atom is -0.444 e. The van der Waals surface area contributed by atoms with Crippen LogP contribution < -0.4 is 10.5 Å². The zero-order valence-electron chi connectivity index (χ0n) is 10.5. The highest BCUT2D eigenvalue weighted by atomic mass is 32.2. The molecule has 1 atom stereocenters. The van der Waals surface area contributed by atoms with Gasteiger partial charge in [-0.2, -0.15) is 9.82 Å². The summed E-state index contributed by atoms with van der Waals surface area (Å²) in [6.45, 7) is 3.46. The Morgan fingerprint density at radius 3 is 2.84 bits per heavy atom. The topological polar surface area (TPSA) is 127 Å². The summed E-state index contributed by atoms with van der Waals surface area (Å²) in [6, 6.07) is -0.590. The van der Waals surface area contributed by atoms with Gasteiger partial charge in [0.2, 0.25) is 5.89 Å². The van der Waals surface area contributed by atoms with Crippen LogP contribution in [0, 0.1) is 6.92 Å². The highest BCUT2D eigenvalue weighted by molar-refractivity contribution is 7.89. The number of hydrogen-bond acceptors (Lipinski definition) is 6. The van der Waals surface area contributed by atoms with Crippen LogP contribution in [0.15, 0.2) is 21.8 Å². The maximum absolute atomic E-state index is 12.2. The van der Waals surface area contributed by atoms with E-state index in [9.17, 15) is 8.42 Å². The molecule has 0 aliphatic rings. The van der Waals surface area contributed by atoms with Crippen molar-refractivity contribution in [2.24, 2.45) is 5.73 Å². The molecule has 0 amide bonds. The van der Waals surface area contributed by atoms with E-state index in [2.05, 4.69) is 19.9 Å². The number of H-pyrrole nitrogens is 1. The van der Waals surface area contributed by atoms with Gasteiger partial charge in [0.15, 0.2) is 5.03 Å². The Bertz CT molecular complexity index is 660. The fourth-order valence-corrected chi connectivity index (χ4v) is 2.93. The minimum atomic E-state index is -3.75. The Kier molecular flexibility index (Phi) is 3.69. The van der Waals surface area contributed by atoms with Gasteiger partial charge in [0.25, 0.3) is 10.0 Å². The zero-order chi connectivity index (χ0) is 14.0. The average molecular weight is 285 g/mol. The molecule has 0 saturated heterocycles. The van der Waals surface area contributed by atoms with Gasteiger partial charge < -0.3 is 10.2 Å². The van der Waals surface area contributed by atoms with Gasteiger partial charge >= 0.3 is 0 Å². The fourth-order valence-electron chi connectivity index (χ4n) is 1.59. The zero-order valence-corrected chi connectivity index (χ0v) is 11.4. The molecule has 0 bridgehead atoms. The van der Waals surface area contributed by atoms with Gasteiger partial charge in [-0.3, -0.25) is 5.10 Å². The molecule has 9 heteroatoms. The van der Waals surface area contributed by atoms with Crippen LogP contribution in [0.5, 0.6) is 0 Å². The van der Waals surface area contributed by atoms with E-state index in [1.807, 2.05) is 0 Å². The molecule has 8 nitrogen and oxygen atoms in total. The van der Waals surface area contributed by atoms with Gasteiger partial charge in [-0.05, 0) is 13.8 Å². The Hall–Kier alpha value is -1.71. The molecule has 0 aliphatic heterocycles. The third kappa shape index (κ3) is 2.83. The SMILES string of the molecule is Cc1cnc(C(C)NS(=O)(=O)c2[nH]ncc2CN)o1. The maximum atomic E-state index is 12.2. The van der Waals surface area contributed by atoms with E-state index >= 15 is 0 Å². The van der Waals surface area contributed by atoms with Crippen molar-refractivity contribution in [2.45, 2.75) is 31.5 Å². The third-order valence-electron chi connectivity index (χ3n) is 2.51. The molecule has 4 N–H and O–H groups in total. The molecule has 0 fully saturated rings. The third-order valence-corrected chi connectivity index (χ3v) is 4.06. The highest BCUT2D eigenvalue weighted by Gasteiger charge is 2.24. The molecule has 0 radical (unpaired) electrons. The first-order valence-electron chi connectivity index (χ1n) is 5.61. The first-order chi connectivity index (χ1) is 8.94. The first kappa shape index (κ1) is 13.7. The Morgan fingerprint density at radius 1 is 1.53 bits per heavy atom. The van der Waals surface area contributed by atoms with E-state index in [-0.39, 0.29) is 11.6 Å². The average Bonchev–Trinajstić information content (AvgIpc) is 2.96. The summed E-state index contributed by atoms with van der Waals surface area (Å²) in [6.07, 6.45) is 2.91. The number of aromatic nitrogens is 3. The van der Waals surface area contributed by atoms with Crippen molar-refractivity contribution in [1.82, 2.24) is 19.9 Å². The fraction of sp³-hybridized carbons (Fsp3) is 0.400. The second kappa shape index (κ2) is 5.11. The van der Waals surface area contributed by atoms with Crippen molar-refractivity contribution in [3.63, 3.8) is 0 Å². The van der Waals surface area contributed by atoms with Crippen molar-refractivity contribution in [2.75, 3.05) is 0 Å². The molecule has 2 aromatic heterocycles. The summed E-state index contributed by atoms with van der Waals surface area (Å²) in [5, 5.41) is 6.07. The van der Waals surface area contributed by atoms with E-state index in [4.69, 9.17) is 10.2 Å². The Morgan fingerprint density at radius 2 is 2.26 bits per heavy atom. The summed E-state index contributed by atoms with van der Waals surface area (Å²) >= 11 is 0. The van der Waals surface area contributed by atoms with Crippen LogP contribution in [0.1, 0.15) is 30.2 Å². The molecule has 104 valence electrons. The summed E-state index contributed by atoms with van der Waals surface area (Å²) in [5.74, 6) is 0.917. The van der Waals surface area contributed by atoms with E-state index in [0.29, 0.717) is 17.2 Å². The van der Waals surface area contributed by atoms with Gasteiger partial charge in [-0.1, -0.05) is 0 Å². The van der Waals surface area contributed by atoms with Crippen molar-refractivity contribution in [1.29, 1.82) is 0 Å². The molecular weight excluding hydrogens is 270 g/mol. The molecule has 0 spiro atoms. The molecule has 19 heavy (non-hydrogen) atoms. The number of rotatable bonds is 5. The first-order valence-corrected chi connectivity index (χ1v) is 7.09. The molecule has 2 aromatic rings. The molecule has 2 rings (SSSR count). The molecule has 0 saturated carbocycles.